The summed E-state index contributed by atoms with van der Waals surface area (Å²) < 4.78 is 0. The molecule has 1 saturated carbocycles. The van der Waals surface area contributed by atoms with Crippen molar-refractivity contribution in [3.05, 3.63) is 22.4 Å². The third-order valence-corrected chi connectivity index (χ3v) is 4.76. The topological polar surface area (TPSA) is 12.0 Å². The van der Waals surface area contributed by atoms with Gasteiger partial charge >= 0.3 is 0 Å². The molecule has 0 aliphatic heterocycles. The molecule has 1 aromatic heterocycles. The first-order chi connectivity index (χ1) is 8.34. The summed E-state index contributed by atoms with van der Waals surface area (Å²) in [5.74, 6) is 1.00. The summed E-state index contributed by atoms with van der Waals surface area (Å²) in [5.41, 5.74) is 0. The summed E-state index contributed by atoms with van der Waals surface area (Å²) in [6.07, 6.45) is 9.92. The molecule has 1 heterocycles. The normalized spacial score (nSPS) is 19.4. The van der Waals surface area contributed by atoms with E-state index in [0.717, 1.165) is 5.92 Å². The van der Waals surface area contributed by atoms with Gasteiger partial charge in [-0.15, -0.1) is 11.3 Å². The van der Waals surface area contributed by atoms with Crippen LogP contribution >= 0.6 is 11.3 Å². The minimum Gasteiger partial charge on any atom is -0.314 e. The summed E-state index contributed by atoms with van der Waals surface area (Å²) >= 11 is 1.87. The van der Waals surface area contributed by atoms with Gasteiger partial charge in [-0.05, 0) is 43.7 Å². The Hall–Kier alpha value is -0.340. The molecule has 1 aliphatic carbocycles. The van der Waals surface area contributed by atoms with Crippen LogP contribution in [0.1, 0.15) is 50.3 Å². The second kappa shape index (κ2) is 7.17. The van der Waals surface area contributed by atoms with Crippen molar-refractivity contribution in [2.24, 2.45) is 5.92 Å². The van der Waals surface area contributed by atoms with Gasteiger partial charge in [0.2, 0.25) is 0 Å². The van der Waals surface area contributed by atoms with Crippen LogP contribution < -0.4 is 5.32 Å². The van der Waals surface area contributed by atoms with Gasteiger partial charge < -0.3 is 5.32 Å². The SMILES string of the molecule is CC(Cc1cccs1)NCCC1CCCCC1. The summed E-state index contributed by atoms with van der Waals surface area (Å²) in [4.78, 5) is 1.50. The fraction of sp³-hybridized carbons (Fsp3) is 0.733. The van der Waals surface area contributed by atoms with Crippen LogP contribution in [0.3, 0.4) is 0 Å². The Balaban J connectivity index is 1.58. The first-order valence-electron chi connectivity index (χ1n) is 7.10. The third-order valence-electron chi connectivity index (χ3n) is 3.86. The van der Waals surface area contributed by atoms with Crippen LogP contribution in [0.2, 0.25) is 0 Å². The van der Waals surface area contributed by atoms with Crippen LogP contribution in [0.5, 0.6) is 0 Å². The second-order valence-electron chi connectivity index (χ2n) is 5.43. The van der Waals surface area contributed by atoms with Gasteiger partial charge in [-0.2, -0.15) is 0 Å². The number of hydrogen-bond donors (Lipinski definition) is 1. The zero-order chi connectivity index (χ0) is 11.9. The number of thiophene rings is 1. The predicted molar refractivity (Wildman–Crippen MR) is 76.7 cm³/mol. The molecule has 0 amide bonds. The lowest BCUT2D eigenvalue weighted by molar-refractivity contribution is 0.329. The molecule has 1 aliphatic rings. The average Bonchev–Trinajstić information content (AvgIpc) is 2.83. The molecule has 0 bridgehead atoms. The van der Waals surface area contributed by atoms with E-state index in [0.29, 0.717) is 6.04 Å². The Morgan fingerprint density at radius 1 is 1.35 bits per heavy atom. The molecule has 2 heteroatoms. The van der Waals surface area contributed by atoms with E-state index in [1.165, 1.54) is 56.4 Å². The Morgan fingerprint density at radius 3 is 2.88 bits per heavy atom. The van der Waals surface area contributed by atoms with Crippen LogP contribution in [-0.2, 0) is 6.42 Å². The molecule has 0 spiro atoms. The largest absolute Gasteiger partial charge is 0.314 e. The zero-order valence-electron chi connectivity index (χ0n) is 11.0. The quantitative estimate of drug-likeness (QED) is 0.797. The maximum atomic E-state index is 3.67. The van der Waals surface area contributed by atoms with E-state index in [1.807, 2.05) is 11.3 Å². The lowest BCUT2D eigenvalue weighted by Gasteiger charge is -2.22. The molecule has 1 atom stereocenters. The Morgan fingerprint density at radius 2 is 2.18 bits per heavy atom. The molecule has 0 radical (unpaired) electrons. The number of hydrogen-bond acceptors (Lipinski definition) is 2. The van der Waals surface area contributed by atoms with Crippen molar-refractivity contribution in [3.8, 4) is 0 Å². The minimum absolute atomic E-state index is 0.622. The van der Waals surface area contributed by atoms with E-state index in [9.17, 15) is 0 Å². The molecule has 0 saturated heterocycles. The van der Waals surface area contributed by atoms with Gasteiger partial charge in [-0.25, -0.2) is 0 Å². The average molecular weight is 251 g/mol. The second-order valence-corrected chi connectivity index (χ2v) is 6.46. The van der Waals surface area contributed by atoms with Crippen LogP contribution in [0.4, 0.5) is 0 Å². The van der Waals surface area contributed by atoms with Gasteiger partial charge in [0.05, 0.1) is 0 Å². The Bertz CT molecular complexity index is 288. The van der Waals surface area contributed by atoms with Gasteiger partial charge in [0.15, 0.2) is 0 Å². The van der Waals surface area contributed by atoms with E-state index in [4.69, 9.17) is 0 Å². The van der Waals surface area contributed by atoms with Crippen molar-refractivity contribution < 1.29 is 0 Å². The summed E-state index contributed by atoms with van der Waals surface area (Å²) in [6.45, 7) is 3.51. The monoisotopic (exact) mass is 251 g/mol. The fourth-order valence-corrected chi connectivity index (χ4v) is 3.65. The minimum atomic E-state index is 0.622. The number of rotatable bonds is 6. The van der Waals surface area contributed by atoms with Gasteiger partial charge in [-0.1, -0.05) is 38.2 Å². The maximum absolute atomic E-state index is 3.67. The molecule has 2 rings (SSSR count). The van der Waals surface area contributed by atoms with Crippen molar-refractivity contribution in [1.29, 1.82) is 0 Å². The van der Waals surface area contributed by atoms with Crippen molar-refractivity contribution in [2.45, 2.75) is 57.9 Å². The standard InChI is InChI=1S/C15H25NS/c1-13(12-15-8-5-11-17-15)16-10-9-14-6-3-2-4-7-14/h5,8,11,13-14,16H,2-4,6-7,9-10,12H2,1H3. The molecule has 0 aromatic carbocycles. The van der Waals surface area contributed by atoms with Gasteiger partial charge in [0.1, 0.15) is 0 Å². The zero-order valence-corrected chi connectivity index (χ0v) is 11.8. The summed E-state index contributed by atoms with van der Waals surface area (Å²) in [7, 11) is 0. The van der Waals surface area contributed by atoms with E-state index in [2.05, 4.69) is 29.8 Å². The highest BCUT2D eigenvalue weighted by Crippen LogP contribution is 2.25. The molecule has 1 fully saturated rings. The Labute approximate surface area is 110 Å². The van der Waals surface area contributed by atoms with Crippen molar-refractivity contribution in [1.82, 2.24) is 5.32 Å². The molecular weight excluding hydrogens is 226 g/mol. The Kier molecular flexibility index (Phi) is 5.53. The molecule has 1 aromatic rings. The van der Waals surface area contributed by atoms with Gasteiger partial charge in [0.25, 0.3) is 0 Å². The first kappa shape index (κ1) is 13.1. The fourth-order valence-electron chi connectivity index (χ4n) is 2.81. The number of nitrogens with one attached hydrogen (secondary N) is 1. The maximum Gasteiger partial charge on any atom is 0.00870 e. The van der Waals surface area contributed by atoms with E-state index in [1.54, 1.807) is 0 Å². The molecular formula is C15H25NS. The lowest BCUT2D eigenvalue weighted by Crippen LogP contribution is -2.30. The first-order valence-corrected chi connectivity index (χ1v) is 7.98. The van der Waals surface area contributed by atoms with Crippen molar-refractivity contribution in [3.63, 3.8) is 0 Å². The predicted octanol–water partition coefficient (Wildman–Crippen LogP) is 4.24. The van der Waals surface area contributed by atoms with Crippen LogP contribution in [-0.4, -0.2) is 12.6 Å². The molecule has 1 unspecified atom stereocenters. The van der Waals surface area contributed by atoms with Crippen LogP contribution in [0.25, 0.3) is 0 Å². The molecule has 17 heavy (non-hydrogen) atoms. The van der Waals surface area contributed by atoms with Crippen molar-refractivity contribution in [2.75, 3.05) is 6.54 Å². The smallest absolute Gasteiger partial charge is 0.00870 e. The summed E-state index contributed by atoms with van der Waals surface area (Å²) in [5, 5.41) is 5.85. The van der Waals surface area contributed by atoms with E-state index < -0.39 is 0 Å². The van der Waals surface area contributed by atoms with Crippen LogP contribution in [0, 0.1) is 5.92 Å². The van der Waals surface area contributed by atoms with Crippen molar-refractivity contribution >= 4 is 11.3 Å². The lowest BCUT2D eigenvalue weighted by atomic mass is 9.87. The molecule has 96 valence electrons. The highest BCUT2D eigenvalue weighted by Gasteiger charge is 2.13. The van der Waals surface area contributed by atoms with Gasteiger partial charge in [-0.3, -0.25) is 0 Å². The van der Waals surface area contributed by atoms with E-state index >= 15 is 0 Å². The third kappa shape index (κ3) is 4.81. The van der Waals surface area contributed by atoms with E-state index in [-0.39, 0.29) is 0 Å². The highest BCUT2D eigenvalue weighted by molar-refractivity contribution is 7.09. The highest BCUT2D eigenvalue weighted by atomic mass is 32.1. The molecule has 1 nitrogen and oxygen atoms in total. The van der Waals surface area contributed by atoms with Gasteiger partial charge in [0, 0.05) is 10.9 Å². The molecule has 1 N–H and O–H groups in total. The van der Waals surface area contributed by atoms with Crippen LogP contribution in [0.15, 0.2) is 17.5 Å². The summed E-state index contributed by atoms with van der Waals surface area (Å²) in [6, 6.07) is 5.01.